The van der Waals surface area contributed by atoms with Crippen LogP contribution >= 0.6 is 0 Å². The van der Waals surface area contributed by atoms with Crippen LogP contribution in [0.15, 0.2) is 0 Å². The molecule has 2 heteroatoms. The Balaban J connectivity index is 1.87. The SMILES string of the molecule is CC(C)C(N)CN1CCCC1C1CCCC1. The van der Waals surface area contributed by atoms with E-state index < -0.39 is 0 Å². The molecule has 16 heavy (non-hydrogen) atoms. The minimum absolute atomic E-state index is 0.363. The molecule has 2 unspecified atom stereocenters. The molecular formula is C14H28N2. The molecule has 0 amide bonds. The van der Waals surface area contributed by atoms with Gasteiger partial charge >= 0.3 is 0 Å². The summed E-state index contributed by atoms with van der Waals surface area (Å²) in [5.74, 6) is 1.60. The van der Waals surface area contributed by atoms with E-state index in [1.807, 2.05) is 0 Å². The number of hydrogen-bond donors (Lipinski definition) is 1. The van der Waals surface area contributed by atoms with Gasteiger partial charge in [0.25, 0.3) is 0 Å². The van der Waals surface area contributed by atoms with E-state index in [0.717, 1.165) is 18.5 Å². The van der Waals surface area contributed by atoms with Crippen molar-refractivity contribution >= 4 is 0 Å². The summed E-state index contributed by atoms with van der Waals surface area (Å²) in [6, 6.07) is 1.23. The summed E-state index contributed by atoms with van der Waals surface area (Å²) in [6.45, 7) is 6.90. The molecule has 2 aliphatic rings. The van der Waals surface area contributed by atoms with E-state index >= 15 is 0 Å². The Bertz CT molecular complexity index is 209. The predicted octanol–water partition coefficient (Wildman–Crippen LogP) is 2.62. The summed E-state index contributed by atoms with van der Waals surface area (Å²) in [4.78, 5) is 2.70. The van der Waals surface area contributed by atoms with Crippen LogP contribution in [0.1, 0.15) is 52.4 Å². The number of rotatable bonds is 4. The smallest absolute Gasteiger partial charge is 0.0191 e. The highest BCUT2D eigenvalue weighted by atomic mass is 15.2. The van der Waals surface area contributed by atoms with Gasteiger partial charge in [-0.05, 0) is 44.1 Å². The Hall–Kier alpha value is -0.0800. The minimum atomic E-state index is 0.363. The Morgan fingerprint density at radius 3 is 2.44 bits per heavy atom. The second-order valence-electron chi connectivity index (χ2n) is 6.16. The van der Waals surface area contributed by atoms with Gasteiger partial charge in [-0.1, -0.05) is 26.7 Å². The number of nitrogens with zero attached hydrogens (tertiary/aromatic N) is 1. The molecule has 0 bridgehead atoms. The number of nitrogens with two attached hydrogens (primary N) is 1. The fourth-order valence-electron chi connectivity index (χ4n) is 3.44. The Labute approximate surface area is 101 Å². The van der Waals surface area contributed by atoms with E-state index in [9.17, 15) is 0 Å². The highest BCUT2D eigenvalue weighted by molar-refractivity contribution is 4.89. The summed E-state index contributed by atoms with van der Waals surface area (Å²) in [5.41, 5.74) is 6.22. The van der Waals surface area contributed by atoms with E-state index in [1.54, 1.807) is 0 Å². The third kappa shape index (κ3) is 2.78. The van der Waals surface area contributed by atoms with Gasteiger partial charge in [0.05, 0.1) is 0 Å². The van der Waals surface area contributed by atoms with Gasteiger partial charge in [-0.2, -0.15) is 0 Å². The van der Waals surface area contributed by atoms with Crippen LogP contribution in [0.25, 0.3) is 0 Å². The summed E-state index contributed by atoms with van der Waals surface area (Å²) in [6.07, 6.45) is 8.69. The van der Waals surface area contributed by atoms with Crippen molar-refractivity contribution in [3.05, 3.63) is 0 Å². The first kappa shape index (κ1) is 12.4. The molecule has 1 aliphatic heterocycles. The third-order valence-corrected chi connectivity index (χ3v) is 4.66. The molecule has 0 aromatic carbocycles. The second-order valence-corrected chi connectivity index (χ2v) is 6.16. The van der Waals surface area contributed by atoms with Gasteiger partial charge in [0.2, 0.25) is 0 Å². The van der Waals surface area contributed by atoms with Gasteiger partial charge in [0, 0.05) is 18.6 Å². The highest BCUT2D eigenvalue weighted by Crippen LogP contribution is 2.35. The average Bonchev–Trinajstić information content (AvgIpc) is 2.85. The third-order valence-electron chi connectivity index (χ3n) is 4.66. The first-order valence-corrected chi connectivity index (χ1v) is 7.18. The molecule has 2 nitrogen and oxygen atoms in total. The zero-order valence-electron chi connectivity index (χ0n) is 11.0. The van der Waals surface area contributed by atoms with Crippen molar-refractivity contribution in [1.29, 1.82) is 0 Å². The van der Waals surface area contributed by atoms with Crippen molar-refractivity contribution in [1.82, 2.24) is 4.90 Å². The van der Waals surface area contributed by atoms with Crippen LogP contribution in [-0.4, -0.2) is 30.1 Å². The van der Waals surface area contributed by atoms with Crippen molar-refractivity contribution in [3.63, 3.8) is 0 Å². The lowest BCUT2D eigenvalue weighted by atomic mass is 9.95. The lowest BCUT2D eigenvalue weighted by Gasteiger charge is -2.32. The Morgan fingerprint density at radius 2 is 1.81 bits per heavy atom. The maximum absolute atomic E-state index is 6.22. The molecule has 1 heterocycles. The van der Waals surface area contributed by atoms with E-state index in [2.05, 4.69) is 18.7 Å². The molecule has 2 N–H and O–H groups in total. The van der Waals surface area contributed by atoms with Crippen LogP contribution < -0.4 is 5.73 Å². The Morgan fingerprint density at radius 1 is 1.12 bits per heavy atom. The number of hydrogen-bond acceptors (Lipinski definition) is 2. The van der Waals surface area contributed by atoms with Crippen LogP contribution in [-0.2, 0) is 0 Å². The number of likely N-dealkylation sites (tertiary alicyclic amines) is 1. The topological polar surface area (TPSA) is 29.3 Å². The van der Waals surface area contributed by atoms with Gasteiger partial charge in [-0.15, -0.1) is 0 Å². The monoisotopic (exact) mass is 224 g/mol. The summed E-state index contributed by atoms with van der Waals surface area (Å²) < 4.78 is 0. The van der Waals surface area contributed by atoms with E-state index in [1.165, 1.54) is 45.1 Å². The fraction of sp³-hybridized carbons (Fsp3) is 1.00. The summed E-state index contributed by atoms with van der Waals surface area (Å²) >= 11 is 0. The van der Waals surface area contributed by atoms with Crippen LogP contribution in [0.4, 0.5) is 0 Å². The molecule has 94 valence electrons. The molecule has 0 aromatic heterocycles. The first-order chi connectivity index (χ1) is 7.68. The van der Waals surface area contributed by atoms with Crippen molar-refractivity contribution in [2.24, 2.45) is 17.6 Å². The van der Waals surface area contributed by atoms with Gasteiger partial charge in [0.15, 0.2) is 0 Å². The second kappa shape index (κ2) is 5.50. The molecule has 1 saturated carbocycles. The van der Waals surface area contributed by atoms with E-state index in [-0.39, 0.29) is 0 Å². The lowest BCUT2D eigenvalue weighted by molar-refractivity contribution is 0.171. The van der Waals surface area contributed by atoms with E-state index in [4.69, 9.17) is 5.73 Å². The van der Waals surface area contributed by atoms with Crippen molar-refractivity contribution < 1.29 is 0 Å². The zero-order valence-corrected chi connectivity index (χ0v) is 11.0. The largest absolute Gasteiger partial charge is 0.326 e. The van der Waals surface area contributed by atoms with Gasteiger partial charge in [-0.3, -0.25) is 4.90 Å². The molecular weight excluding hydrogens is 196 g/mol. The zero-order chi connectivity index (χ0) is 11.5. The molecule has 0 spiro atoms. The molecule has 0 aromatic rings. The Kier molecular flexibility index (Phi) is 4.26. The molecule has 2 fully saturated rings. The quantitative estimate of drug-likeness (QED) is 0.795. The molecule has 0 radical (unpaired) electrons. The maximum atomic E-state index is 6.22. The van der Waals surface area contributed by atoms with Gasteiger partial charge < -0.3 is 5.73 Å². The fourth-order valence-corrected chi connectivity index (χ4v) is 3.44. The van der Waals surface area contributed by atoms with Gasteiger partial charge in [0.1, 0.15) is 0 Å². The van der Waals surface area contributed by atoms with Crippen molar-refractivity contribution in [3.8, 4) is 0 Å². The lowest BCUT2D eigenvalue weighted by Crippen LogP contribution is -2.44. The minimum Gasteiger partial charge on any atom is -0.326 e. The average molecular weight is 224 g/mol. The molecule has 2 rings (SSSR count). The van der Waals surface area contributed by atoms with Crippen molar-refractivity contribution in [2.45, 2.75) is 64.5 Å². The van der Waals surface area contributed by atoms with E-state index in [0.29, 0.717) is 12.0 Å². The standard InChI is InChI=1S/C14H28N2/c1-11(2)13(15)10-16-9-5-8-14(16)12-6-3-4-7-12/h11-14H,3-10,15H2,1-2H3. The first-order valence-electron chi connectivity index (χ1n) is 7.18. The van der Waals surface area contributed by atoms with Crippen LogP contribution in [0, 0.1) is 11.8 Å². The summed E-state index contributed by atoms with van der Waals surface area (Å²) in [7, 11) is 0. The van der Waals surface area contributed by atoms with Crippen LogP contribution in [0.3, 0.4) is 0 Å². The van der Waals surface area contributed by atoms with Crippen LogP contribution in [0.5, 0.6) is 0 Å². The van der Waals surface area contributed by atoms with Crippen molar-refractivity contribution in [2.75, 3.05) is 13.1 Å². The molecule has 2 atom stereocenters. The predicted molar refractivity (Wildman–Crippen MR) is 69.4 cm³/mol. The molecule has 1 saturated heterocycles. The maximum Gasteiger partial charge on any atom is 0.0191 e. The normalized spacial score (nSPS) is 30.4. The highest BCUT2D eigenvalue weighted by Gasteiger charge is 2.33. The summed E-state index contributed by atoms with van der Waals surface area (Å²) in [5, 5.41) is 0. The van der Waals surface area contributed by atoms with Gasteiger partial charge in [-0.25, -0.2) is 0 Å². The molecule has 1 aliphatic carbocycles. The van der Waals surface area contributed by atoms with Crippen LogP contribution in [0.2, 0.25) is 0 Å².